The van der Waals surface area contributed by atoms with Gasteiger partial charge in [0.05, 0.1) is 11.1 Å². The maximum atomic E-state index is 6.48. The van der Waals surface area contributed by atoms with Crippen LogP contribution in [0.3, 0.4) is 0 Å². The zero-order valence-electron chi connectivity index (χ0n) is 19.2. The van der Waals surface area contributed by atoms with E-state index in [1.807, 2.05) is 97.1 Å². The predicted molar refractivity (Wildman–Crippen MR) is 146 cm³/mol. The van der Waals surface area contributed by atoms with Crippen LogP contribution in [0.5, 0.6) is 0 Å². The Bertz CT molecular complexity index is 1880. The molecule has 7 rings (SSSR count). The summed E-state index contributed by atoms with van der Waals surface area (Å²) in [6.45, 7) is 0. The molecular formula is C34H18O2. The highest BCUT2D eigenvalue weighted by Gasteiger charge is 2.23. The normalized spacial score (nSPS) is 10.9. The summed E-state index contributed by atoms with van der Waals surface area (Å²) in [5.41, 5.74) is 6.58. The standard InChI is InChI=1S/C34H18O2/c1-3-11-23(12-4-1)19-21-27-31-25-15-7-9-17-29(25)36-34(31)28(22-20-24-13-5-2-6-14-24)32-26-16-8-10-18-30(26)35-33(27)32/h1-18H. The van der Waals surface area contributed by atoms with Gasteiger partial charge in [0.15, 0.2) is 11.2 Å². The van der Waals surface area contributed by atoms with Gasteiger partial charge in [0.2, 0.25) is 0 Å². The Labute approximate surface area is 207 Å². The predicted octanol–water partition coefficient (Wildman–Crippen LogP) is 8.29. The van der Waals surface area contributed by atoms with Crippen molar-refractivity contribution in [3.63, 3.8) is 0 Å². The van der Waals surface area contributed by atoms with E-state index in [1.165, 1.54) is 0 Å². The van der Waals surface area contributed by atoms with E-state index in [1.54, 1.807) is 0 Å². The summed E-state index contributed by atoms with van der Waals surface area (Å²) in [5.74, 6) is 13.5. The third-order valence-electron chi connectivity index (χ3n) is 6.36. The zero-order chi connectivity index (χ0) is 23.9. The van der Waals surface area contributed by atoms with Crippen LogP contribution >= 0.6 is 0 Å². The highest BCUT2D eigenvalue weighted by Crippen LogP contribution is 2.42. The van der Waals surface area contributed by atoms with Crippen LogP contribution < -0.4 is 0 Å². The third kappa shape index (κ3) is 3.25. The van der Waals surface area contributed by atoms with Crippen LogP contribution in [0.25, 0.3) is 43.9 Å². The molecule has 0 fully saturated rings. The molecule has 0 aliphatic carbocycles. The van der Waals surface area contributed by atoms with Gasteiger partial charge in [-0.2, -0.15) is 0 Å². The largest absolute Gasteiger partial charge is 0.455 e. The summed E-state index contributed by atoms with van der Waals surface area (Å²) in [7, 11) is 0. The van der Waals surface area contributed by atoms with Crippen molar-refractivity contribution in [2.45, 2.75) is 0 Å². The van der Waals surface area contributed by atoms with Crippen LogP contribution in [0.1, 0.15) is 22.3 Å². The zero-order valence-corrected chi connectivity index (χ0v) is 19.2. The lowest BCUT2D eigenvalue weighted by Crippen LogP contribution is -1.87. The number of furan rings is 2. The molecule has 0 unspecified atom stereocenters. The lowest BCUT2D eigenvalue weighted by Gasteiger charge is -2.02. The van der Waals surface area contributed by atoms with E-state index in [9.17, 15) is 0 Å². The third-order valence-corrected chi connectivity index (χ3v) is 6.36. The van der Waals surface area contributed by atoms with E-state index in [2.05, 4.69) is 35.8 Å². The molecule has 0 aliphatic heterocycles. The van der Waals surface area contributed by atoms with Crippen molar-refractivity contribution < 1.29 is 8.83 Å². The summed E-state index contributed by atoms with van der Waals surface area (Å²) in [6.07, 6.45) is 0. The molecule has 0 saturated heterocycles. The number of fused-ring (bicyclic) bond motifs is 6. The van der Waals surface area contributed by atoms with Gasteiger partial charge in [-0.05, 0) is 36.4 Å². The van der Waals surface area contributed by atoms with Gasteiger partial charge in [-0.25, -0.2) is 0 Å². The highest BCUT2D eigenvalue weighted by molar-refractivity contribution is 6.21. The second-order valence-electron chi connectivity index (χ2n) is 8.59. The minimum Gasteiger partial charge on any atom is -0.455 e. The van der Waals surface area contributed by atoms with Crippen LogP contribution in [-0.4, -0.2) is 0 Å². The van der Waals surface area contributed by atoms with Gasteiger partial charge in [0.25, 0.3) is 0 Å². The molecule has 2 heteroatoms. The molecule has 5 aromatic carbocycles. The van der Waals surface area contributed by atoms with Crippen molar-refractivity contribution >= 4 is 43.9 Å². The van der Waals surface area contributed by atoms with E-state index < -0.39 is 0 Å². The first kappa shape index (κ1) is 20.2. The van der Waals surface area contributed by atoms with Gasteiger partial charge in [0, 0.05) is 32.7 Å². The fraction of sp³-hybridized carbons (Fsp3) is 0. The quantitative estimate of drug-likeness (QED) is 0.214. The smallest absolute Gasteiger partial charge is 0.153 e. The molecular weight excluding hydrogens is 440 g/mol. The topological polar surface area (TPSA) is 26.3 Å². The van der Waals surface area contributed by atoms with E-state index in [0.29, 0.717) is 0 Å². The molecule has 2 aromatic heterocycles. The molecule has 7 aromatic rings. The molecule has 0 atom stereocenters. The van der Waals surface area contributed by atoms with Crippen LogP contribution in [0.4, 0.5) is 0 Å². The Morgan fingerprint density at radius 2 is 0.778 bits per heavy atom. The van der Waals surface area contributed by atoms with Gasteiger partial charge >= 0.3 is 0 Å². The minimum atomic E-state index is 0.732. The Balaban J connectivity index is 1.66. The average Bonchev–Trinajstić information content (AvgIpc) is 3.51. The molecule has 0 bridgehead atoms. The lowest BCUT2D eigenvalue weighted by atomic mass is 9.97. The second-order valence-corrected chi connectivity index (χ2v) is 8.59. The van der Waals surface area contributed by atoms with E-state index in [4.69, 9.17) is 8.83 Å². The van der Waals surface area contributed by atoms with Crippen molar-refractivity contribution in [2.24, 2.45) is 0 Å². The molecule has 36 heavy (non-hydrogen) atoms. The molecule has 0 spiro atoms. The van der Waals surface area contributed by atoms with E-state index >= 15 is 0 Å². The molecule has 166 valence electrons. The summed E-state index contributed by atoms with van der Waals surface area (Å²) < 4.78 is 13.0. The first-order valence-electron chi connectivity index (χ1n) is 11.8. The number of hydrogen-bond acceptors (Lipinski definition) is 2. The highest BCUT2D eigenvalue weighted by atomic mass is 16.3. The molecule has 0 saturated carbocycles. The minimum absolute atomic E-state index is 0.732. The fourth-order valence-corrected chi connectivity index (χ4v) is 4.72. The number of rotatable bonds is 0. The fourth-order valence-electron chi connectivity index (χ4n) is 4.72. The Hall–Kier alpha value is -5.18. The van der Waals surface area contributed by atoms with Crippen molar-refractivity contribution in [1.82, 2.24) is 0 Å². The summed E-state index contributed by atoms with van der Waals surface area (Å²) in [6, 6.07) is 36.1. The Kier molecular flexibility index (Phi) is 4.63. The van der Waals surface area contributed by atoms with Crippen molar-refractivity contribution in [3.05, 3.63) is 131 Å². The van der Waals surface area contributed by atoms with Crippen molar-refractivity contribution in [3.8, 4) is 23.7 Å². The second kappa shape index (κ2) is 8.24. The van der Waals surface area contributed by atoms with Crippen LogP contribution in [-0.2, 0) is 0 Å². The molecule has 2 heterocycles. The van der Waals surface area contributed by atoms with Gasteiger partial charge in [0.1, 0.15) is 11.2 Å². The van der Waals surface area contributed by atoms with Crippen molar-refractivity contribution in [2.75, 3.05) is 0 Å². The van der Waals surface area contributed by atoms with Crippen LogP contribution in [0.2, 0.25) is 0 Å². The Morgan fingerprint density at radius 3 is 1.22 bits per heavy atom. The SMILES string of the molecule is C(#Cc1c2oc3ccccc3c2c(C#Cc2ccccc2)c2oc3ccccc3c12)c1ccccc1. The Morgan fingerprint density at radius 1 is 0.389 bits per heavy atom. The van der Waals surface area contributed by atoms with Gasteiger partial charge < -0.3 is 8.83 Å². The molecule has 0 aliphatic rings. The lowest BCUT2D eigenvalue weighted by molar-refractivity contribution is 0.662. The van der Waals surface area contributed by atoms with Crippen LogP contribution in [0.15, 0.2) is 118 Å². The maximum Gasteiger partial charge on any atom is 0.153 e. The summed E-state index contributed by atoms with van der Waals surface area (Å²) in [5, 5.41) is 3.85. The summed E-state index contributed by atoms with van der Waals surface area (Å²) >= 11 is 0. The first-order chi connectivity index (χ1) is 17.9. The maximum absolute atomic E-state index is 6.48. The van der Waals surface area contributed by atoms with E-state index in [-0.39, 0.29) is 0 Å². The number of para-hydroxylation sites is 2. The molecule has 0 amide bonds. The van der Waals surface area contributed by atoms with Gasteiger partial charge in [-0.3, -0.25) is 0 Å². The van der Waals surface area contributed by atoms with Crippen molar-refractivity contribution in [1.29, 1.82) is 0 Å². The number of benzene rings is 5. The molecule has 0 radical (unpaired) electrons. The van der Waals surface area contributed by atoms with Crippen LogP contribution in [0, 0.1) is 23.7 Å². The van der Waals surface area contributed by atoms with E-state index in [0.717, 1.165) is 66.1 Å². The monoisotopic (exact) mass is 458 g/mol. The molecule has 2 nitrogen and oxygen atoms in total. The molecule has 0 N–H and O–H groups in total. The average molecular weight is 459 g/mol. The first-order valence-corrected chi connectivity index (χ1v) is 11.8. The number of hydrogen-bond donors (Lipinski definition) is 0. The van der Waals surface area contributed by atoms with Gasteiger partial charge in [-0.1, -0.05) is 96.5 Å². The summed E-state index contributed by atoms with van der Waals surface area (Å²) in [4.78, 5) is 0. The van der Waals surface area contributed by atoms with Gasteiger partial charge in [-0.15, -0.1) is 0 Å².